The van der Waals surface area contributed by atoms with Crippen molar-refractivity contribution in [3.05, 3.63) is 75.1 Å². The van der Waals surface area contributed by atoms with Gasteiger partial charge < -0.3 is 5.11 Å². The van der Waals surface area contributed by atoms with Crippen molar-refractivity contribution in [3.8, 4) is 11.9 Å². The number of benzene rings is 2. The van der Waals surface area contributed by atoms with Crippen molar-refractivity contribution >= 4 is 16.6 Å². The molecular weight excluding hydrogens is 352 g/mol. The highest BCUT2D eigenvalue weighted by Gasteiger charge is 2.24. The van der Waals surface area contributed by atoms with Crippen molar-refractivity contribution in [1.29, 1.82) is 5.26 Å². The molecule has 0 aliphatic rings. The predicted octanol–water partition coefficient (Wildman–Crippen LogP) is 3.97. The summed E-state index contributed by atoms with van der Waals surface area (Å²) < 4.78 is 1.13. The van der Waals surface area contributed by atoms with Crippen molar-refractivity contribution in [1.82, 2.24) is 4.57 Å². The molecule has 142 valence electrons. The zero-order valence-corrected chi connectivity index (χ0v) is 16.2. The van der Waals surface area contributed by atoms with E-state index in [4.69, 9.17) is 0 Å². The Morgan fingerprint density at radius 3 is 2.54 bits per heavy atom. The average molecular weight is 374 g/mol. The SMILES string of the molecule is Cc1c(C(=O)Cc2cccc3ccccc23)c(O)n(CC(C)C)c(=O)c1C#N. The first-order valence-corrected chi connectivity index (χ1v) is 9.21. The van der Waals surface area contributed by atoms with Crippen LogP contribution in [0.1, 0.15) is 40.9 Å². The number of carbonyl (C=O) groups is 1. The zero-order valence-electron chi connectivity index (χ0n) is 16.2. The van der Waals surface area contributed by atoms with Crippen molar-refractivity contribution in [2.75, 3.05) is 0 Å². The van der Waals surface area contributed by atoms with Crippen LogP contribution in [0.2, 0.25) is 0 Å². The fourth-order valence-corrected chi connectivity index (χ4v) is 3.53. The first-order chi connectivity index (χ1) is 13.3. The molecule has 3 aromatic rings. The Hall–Kier alpha value is -3.39. The molecule has 0 saturated heterocycles. The molecule has 0 amide bonds. The van der Waals surface area contributed by atoms with E-state index in [1.165, 1.54) is 6.92 Å². The molecule has 5 heteroatoms. The van der Waals surface area contributed by atoms with Gasteiger partial charge in [-0.05, 0) is 34.7 Å². The average Bonchev–Trinajstić information content (AvgIpc) is 2.66. The summed E-state index contributed by atoms with van der Waals surface area (Å²) in [5.41, 5.74) is 0.453. The molecule has 2 aromatic carbocycles. The minimum absolute atomic E-state index is 0.0461. The maximum absolute atomic E-state index is 13.1. The standard InChI is InChI=1S/C23H22N2O3/c1-14(2)13-25-22(27)19(12-24)15(3)21(23(25)28)20(26)11-17-9-6-8-16-7-4-5-10-18(16)17/h4-10,14,28H,11,13H2,1-3H3. The third-order valence-electron chi connectivity index (χ3n) is 4.86. The number of aromatic nitrogens is 1. The van der Waals surface area contributed by atoms with Crippen LogP contribution in [0.4, 0.5) is 0 Å². The highest BCUT2D eigenvalue weighted by atomic mass is 16.3. The van der Waals surface area contributed by atoms with Gasteiger partial charge in [0.2, 0.25) is 5.88 Å². The molecule has 3 rings (SSSR count). The van der Waals surface area contributed by atoms with Gasteiger partial charge in [-0.3, -0.25) is 14.2 Å². The minimum Gasteiger partial charge on any atom is -0.494 e. The molecule has 0 bridgehead atoms. The van der Waals surface area contributed by atoms with Gasteiger partial charge in [0.05, 0.1) is 5.56 Å². The smallest absolute Gasteiger partial charge is 0.271 e. The fourth-order valence-electron chi connectivity index (χ4n) is 3.53. The van der Waals surface area contributed by atoms with E-state index in [2.05, 4.69) is 0 Å². The lowest BCUT2D eigenvalue weighted by Gasteiger charge is -2.17. The van der Waals surface area contributed by atoms with Gasteiger partial charge in [0, 0.05) is 13.0 Å². The Kier molecular flexibility index (Phi) is 5.32. The van der Waals surface area contributed by atoms with Gasteiger partial charge in [-0.25, -0.2) is 0 Å². The van der Waals surface area contributed by atoms with Crippen molar-refractivity contribution in [3.63, 3.8) is 0 Å². The number of hydrogen-bond acceptors (Lipinski definition) is 4. The summed E-state index contributed by atoms with van der Waals surface area (Å²) in [6.45, 7) is 5.56. The van der Waals surface area contributed by atoms with Gasteiger partial charge >= 0.3 is 0 Å². The van der Waals surface area contributed by atoms with E-state index >= 15 is 0 Å². The van der Waals surface area contributed by atoms with Gasteiger partial charge in [-0.2, -0.15) is 5.26 Å². The number of pyridine rings is 1. The summed E-state index contributed by atoms with van der Waals surface area (Å²) in [6, 6.07) is 15.4. The molecule has 0 aliphatic heterocycles. The number of Topliss-reactive ketones (excluding diaryl/α,β-unsaturated/α-hetero) is 1. The van der Waals surface area contributed by atoms with Crippen molar-refractivity contribution < 1.29 is 9.90 Å². The lowest BCUT2D eigenvalue weighted by Crippen LogP contribution is -2.28. The quantitative estimate of drug-likeness (QED) is 0.685. The summed E-state index contributed by atoms with van der Waals surface area (Å²) in [7, 11) is 0. The zero-order chi connectivity index (χ0) is 20.4. The molecule has 0 radical (unpaired) electrons. The molecule has 5 nitrogen and oxygen atoms in total. The van der Waals surface area contributed by atoms with Gasteiger partial charge in [0.15, 0.2) is 5.78 Å². The highest BCUT2D eigenvalue weighted by Crippen LogP contribution is 2.26. The van der Waals surface area contributed by atoms with Crippen molar-refractivity contribution in [2.24, 2.45) is 5.92 Å². The van der Waals surface area contributed by atoms with Crippen LogP contribution < -0.4 is 5.56 Å². The molecule has 0 unspecified atom stereocenters. The number of nitriles is 1. The molecule has 28 heavy (non-hydrogen) atoms. The number of nitrogens with zero attached hydrogens (tertiary/aromatic N) is 2. The summed E-state index contributed by atoms with van der Waals surface area (Å²) in [6.07, 6.45) is 0.0699. The Morgan fingerprint density at radius 2 is 1.86 bits per heavy atom. The van der Waals surface area contributed by atoms with E-state index < -0.39 is 5.56 Å². The van der Waals surface area contributed by atoms with E-state index in [1.807, 2.05) is 62.4 Å². The monoisotopic (exact) mass is 374 g/mol. The first-order valence-electron chi connectivity index (χ1n) is 9.21. The lowest BCUT2D eigenvalue weighted by atomic mass is 9.94. The largest absolute Gasteiger partial charge is 0.494 e. The lowest BCUT2D eigenvalue weighted by molar-refractivity contribution is 0.0988. The number of carbonyl (C=O) groups excluding carboxylic acids is 1. The van der Waals surface area contributed by atoms with Crippen LogP contribution in [-0.2, 0) is 13.0 Å². The second kappa shape index (κ2) is 7.69. The summed E-state index contributed by atoms with van der Waals surface area (Å²) in [5, 5.41) is 22.1. The number of aromatic hydroxyl groups is 1. The van der Waals surface area contributed by atoms with E-state index in [1.54, 1.807) is 0 Å². The van der Waals surface area contributed by atoms with Crippen LogP contribution in [0.5, 0.6) is 5.88 Å². The number of fused-ring (bicyclic) bond motifs is 1. The van der Waals surface area contributed by atoms with Crippen LogP contribution in [-0.4, -0.2) is 15.5 Å². The summed E-state index contributed by atoms with van der Waals surface area (Å²) in [4.78, 5) is 25.7. The Balaban J connectivity index is 2.13. The molecule has 0 saturated carbocycles. The van der Waals surface area contributed by atoms with Crippen molar-refractivity contribution in [2.45, 2.75) is 33.7 Å². The Labute approximate surface area is 163 Å². The topological polar surface area (TPSA) is 83.1 Å². The van der Waals surface area contributed by atoms with Crippen LogP contribution in [0.3, 0.4) is 0 Å². The van der Waals surface area contributed by atoms with Gasteiger partial charge in [0.1, 0.15) is 11.6 Å². The molecule has 0 aliphatic carbocycles. The third-order valence-corrected chi connectivity index (χ3v) is 4.86. The minimum atomic E-state index is -0.562. The maximum Gasteiger partial charge on any atom is 0.271 e. The highest BCUT2D eigenvalue weighted by molar-refractivity contribution is 6.03. The molecule has 1 heterocycles. The van der Waals surface area contributed by atoms with E-state index in [9.17, 15) is 20.0 Å². The van der Waals surface area contributed by atoms with Gasteiger partial charge in [-0.1, -0.05) is 56.3 Å². The molecule has 0 fully saturated rings. The normalized spacial score (nSPS) is 11.0. The second-order valence-corrected chi connectivity index (χ2v) is 7.36. The Bertz CT molecular complexity index is 1160. The molecule has 0 spiro atoms. The van der Waals surface area contributed by atoms with E-state index in [0.717, 1.165) is 20.9 Å². The number of ketones is 1. The van der Waals surface area contributed by atoms with E-state index in [-0.39, 0.29) is 47.2 Å². The number of rotatable bonds is 5. The van der Waals surface area contributed by atoms with Crippen LogP contribution in [0.15, 0.2) is 47.3 Å². The molecule has 0 atom stereocenters. The fraction of sp³-hybridized carbons (Fsp3) is 0.261. The second-order valence-electron chi connectivity index (χ2n) is 7.36. The van der Waals surface area contributed by atoms with Gasteiger partial charge in [0.25, 0.3) is 5.56 Å². The first kappa shape index (κ1) is 19.4. The summed E-state index contributed by atoms with van der Waals surface area (Å²) >= 11 is 0. The number of hydrogen-bond donors (Lipinski definition) is 1. The van der Waals surface area contributed by atoms with Crippen LogP contribution in [0, 0.1) is 24.2 Å². The summed E-state index contributed by atoms with van der Waals surface area (Å²) in [5.74, 6) is -0.611. The van der Waals surface area contributed by atoms with Crippen LogP contribution in [0.25, 0.3) is 10.8 Å². The van der Waals surface area contributed by atoms with Gasteiger partial charge in [-0.15, -0.1) is 0 Å². The Morgan fingerprint density at radius 1 is 1.18 bits per heavy atom. The maximum atomic E-state index is 13.1. The molecular formula is C23H22N2O3. The van der Waals surface area contributed by atoms with Crippen LogP contribution >= 0.6 is 0 Å². The molecule has 1 aromatic heterocycles. The predicted molar refractivity (Wildman–Crippen MR) is 109 cm³/mol. The molecule has 1 N–H and O–H groups in total. The van der Waals surface area contributed by atoms with E-state index in [0.29, 0.717) is 0 Å². The third kappa shape index (κ3) is 3.41.